The zero-order chi connectivity index (χ0) is 16.0. The largest absolute Gasteiger partial charge is 0.497 e. The number of benzene rings is 1. The summed E-state index contributed by atoms with van der Waals surface area (Å²) in [6.45, 7) is 3.76. The Labute approximate surface area is 134 Å². The Morgan fingerprint density at radius 2 is 2.09 bits per heavy atom. The molecule has 118 valence electrons. The van der Waals surface area contributed by atoms with Crippen LogP contribution in [-0.2, 0) is 16.4 Å². The van der Waals surface area contributed by atoms with E-state index >= 15 is 0 Å². The second kappa shape index (κ2) is 7.53. The Hall–Kier alpha value is -1.70. The van der Waals surface area contributed by atoms with Gasteiger partial charge in [-0.05, 0) is 24.3 Å². The highest BCUT2D eigenvalue weighted by atomic mass is 32.2. The lowest BCUT2D eigenvalue weighted by Gasteiger charge is -2.02. The molecule has 2 rings (SSSR count). The van der Waals surface area contributed by atoms with E-state index in [1.165, 1.54) is 17.4 Å². The third kappa shape index (κ3) is 4.66. The number of nitrogens with one attached hydrogen (secondary N) is 1. The molecule has 0 bridgehead atoms. The van der Waals surface area contributed by atoms with Crippen LogP contribution >= 0.6 is 11.3 Å². The first-order chi connectivity index (χ1) is 10.5. The lowest BCUT2D eigenvalue weighted by atomic mass is 10.2. The quantitative estimate of drug-likeness (QED) is 0.751. The molecular formula is C15H18N2O3S2. The van der Waals surface area contributed by atoms with E-state index in [4.69, 9.17) is 4.74 Å². The van der Waals surface area contributed by atoms with Crippen LogP contribution in [0.1, 0.15) is 5.01 Å². The van der Waals surface area contributed by atoms with Gasteiger partial charge in [0.2, 0.25) is 10.0 Å². The summed E-state index contributed by atoms with van der Waals surface area (Å²) in [5.74, 6) is 0.734. The molecule has 0 saturated heterocycles. The summed E-state index contributed by atoms with van der Waals surface area (Å²) in [5.41, 5.74) is 1.90. The molecule has 1 aromatic heterocycles. The molecule has 1 heterocycles. The molecule has 0 atom stereocenters. The van der Waals surface area contributed by atoms with Crippen molar-refractivity contribution in [1.29, 1.82) is 0 Å². The second-order valence-corrected chi connectivity index (χ2v) is 7.36. The summed E-state index contributed by atoms with van der Waals surface area (Å²) in [5, 5.41) is 2.86. The van der Waals surface area contributed by atoms with Crippen molar-refractivity contribution in [2.45, 2.75) is 6.42 Å². The molecule has 1 aromatic carbocycles. The average molecular weight is 338 g/mol. The van der Waals surface area contributed by atoms with Crippen LogP contribution in [0.3, 0.4) is 0 Å². The zero-order valence-electron chi connectivity index (χ0n) is 12.3. The van der Waals surface area contributed by atoms with Crippen LogP contribution in [0.15, 0.2) is 42.3 Å². The lowest BCUT2D eigenvalue weighted by Crippen LogP contribution is -2.27. The van der Waals surface area contributed by atoms with Crippen molar-refractivity contribution in [2.24, 2.45) is 0 Å². The third-order valence-electron chi connectivity index (χ3n) is 2.94. The molecule has 0 fully saturated rings. The van der Waals surface area contributed by atoms with Crippen LogP contribution < -0.4 is 9.46 Å². The Kier molecular flexibility index (Phi) is 5.70. The average Bonchev–Trinajstić information content (AvgIpc) is 2.96. The first-order valence-corrected chi connectivity index (χ1v) is 9.24. The standard InChI is InChI=1S/C15H18N2O3S2/c1-3-10-22(18,19)16-9-8-15-17-14(11-21-15)12-4-6-13(20-2)7-5-12/h3-7,11,16H,1,8-10H2,2H3. The fourth-order valence-electron chi connectivity index (χ4n) is 1.85. The van der Waals surface area contributed by atoms with E-state index < -0.39 is 10.0 Å². The fourth-order valence-corrected chi connectivity index (χ4v) is 3.50. The Morgan fingerprint density at radius 1 is 1.36 bits per heavy atom. The summed E-state index contributed by atoms with van der Waals surface area (Å²) in [6, 6.07) is 7.67. The molecule has 2 aromatic rings. The van der Waals surface area contributed by atoms with Gasteiger partial charge in [-0.2, -0.15) is 0 Å². The molecule has 0 aliphatic heterocycles. The van der Waals surface area contributed by atoms with Crippen molar-refractivity contribution in [3.05, 3.63) is 47.3 Å². The first kappa shape index (κ1) is 16.7. The van der Waals surface area contributed by atoms with E-state index in [-0.39, 0.29) is 5.75 Å². The normalized spacial score (nSPS) is 11.3. The molecule has 5 nitrogen and oxygen atoms in total. The molecular weight excluding hydrogens is 320 g/mol. The van der Waals surface area contributed by atoms with Crippen LogP contribution in [-0.4, -0.2) is 32.8 Å². The Morgan fingerprint density at radius 3 is 2.73 bits per heavy atom. The van der Waals surface area contributed by atoms with Crippen molar-refractivity contribution < 1.29 is 13.2 Å². The number of methoxy groups -OCH3 is 1. The third-order valence-corrected chi connectivity index (χ3v) is 5.16. The summed E-state index contributed by atoms with van der Waals surface area (Å²) in [6.07, 6.45) is 1.94. The van der Waals surface area contributed by atoms with Crippen LogP contribution in [0.25, 0.3) is 11.3 Å². The maximum absolute atomic E-state index is 11.5. The van der Waals surface area contributed by atoms with E-state index in [1.54, 1.807) is 7.11 Å². The van der Waals surface area contributed by atoms with Gasteiger partial charge in [0, 0.05) is 23.9 Å². The van der Waals surface area contributed by atoms with Crippen LogP contribution in [0.5, 0.6) is 5.75 Å². The van der Waals surface area contributed by atoms with Gasteiger partial charge in [-0.1, -0.05) is 6.08 Å². The molecule has 0 unspecified atom stereocenters. The molecule has 0 amide bonds. The van der Waals surface area contributed by atoms with Gasteiger partial charge in [0.15, 0.2) is 0 Å². The van der Waals surface area contributed by atoms with E-state index in [1.807, 2.05) is 29.6 Å². The monoisotopic (exact) mass is 338 g/mol. The topological polar surface area (TPSA) is 68.3 Å². The summed E-state index contributed by atoms with van der Waals surface area (Å²) in [4.78, 5) is 4.52. The number of thiazole rings is 1. The molecule has 0 radical (unpaired) electrons. The number of rotatable bonds is 8. The Balaban J connectivity index is 1.95. The fraction of sp³-hybridized carbons (Fsp3) is 0.267. The van der Waals surface area contributed by atoms with Crippen molar-refractivity contribution in [3.63, 3.8) is 0 Å². The number of hydrogen-bond acceptors (Lipinski definition) is 5. The predicted octanol–water partition coefficient (Wildman–Crippen LogP) is 2.47. The van der Waals surface area contributed by atoms with Gasteiger partial charge in [0.1, 0.15) is 5.75 Å². The SMILES string of the molecule is C=CCS(=O)(=O)NCCc1nc(-c2ccc(OC)cc2)cs1. The molecule has 1 N–H and O–H groups in total. The number of sulfonamides is 1. The zero-order valence-corrected chi connectivity index (χ0v) is 13.9. The van der Waals surface area contributed by atoms with Gasteiger partial charge in [0.05, 0.1) is 23.6 Å². The van der Waals surface area contributed by atoms with Gasteiger partial charge >= 0.3 is 0 Å². The summed E-state index contributed by atoms with van der Waals surface area (Å²) < 4.78 is 30.6. The highest BCUT2D eigenvalue weighted by Gasteiger charge is 2.09. The number of nitrogens with zero attached hydrogens (tertiary/aromatic N) is 1. The van der Waals surface area contributed by atoms with E-state index in [0.29, 0.717) is 13.0 Å². The van der Waals surface area contributed by atoms with E-state index in [9.17, 15) is 8.42 Å². The number of hydrogen-bond donors (Lipinski definition) is 1. The molecule has 7 heteroatoms. The minimum absolute atomic E-state index is 0.0675. The van der Waals surface area contributed by atoms with Gasteiger partial charge < -0.3 is 4.74 Å². The molecule has 0 aliphatic rings. The molecule has 0 spiro atoms. The minimum atomic E-state index is -3.26. The lowest BCUT2D eigenvalue weighted by molar-refractivity contribution is 0.415. The maximum atomic E-state index is 11.5. The Bertz CT molecular complexity index is 722. The summed E-state index contributed by atoms with van der Waals surface area (Å²) >= 11 is 1.52. The molecule has 22 heavy (non-hydrogen) atoms. The van der Waals surface area contributed by atoms with Gasteiger partial charge in [0.25, 0.3) is 0 Å². The van der Waals surface area contributed by atoms with Crippen molar-refractivity contribution in [1.82, 2.24) is 9.71 Å². The van der Waals surface area contributed by atoms with Crippen LogP contribution in [0, 0.1) is 0 Å². The van der Waals surface area contributed by atoms with Crippen molar-refractivity contribution in [3.8, 4) is 17.0 Å². The highest BCUT2D eigenvalue weighted by molar-refractivity contribution is 7.89. The van der Waals surface area contributed by atoms with Gasteiger partial charge in [-0.15, -0.1) is 17.9 Å². The maximum Gasteiger partial charge on any atom is 0.215 e. The first-order valence-electron chi connectivity index (χ1n) is 6.71. The predicted molar refractivity (Wildman–Crippen MR) is 89.8 cm³/mol. The van der Waals surface area contributed by atoms with Crippen molar-refractivity contribution in [2.75, 3.05) is 19.4 Å². The van der Waals surface area contributed by atoms with E-state index in [2.05, 4.69) is 16.3 Å². The molecule has 0 aliphatic carbocycles. The summed E-state index contributed by atoms with van der Waals surface area (Å²) in [7, 11) is -1.63. The second-order valence-electron chi connectivity index (χ2n) is 4.57. The van der Waals surface area contributed by atoms with Crippen LogP contribution in [0.4, 0.5) is 0 Å². The van der Waals surface area contributed by atoms with E-state index in [0.717, 1.165) is 22.0 Å². The highest BCUT2D eigenvalue weighted by Crippen LogP contribution is 2.24. The van der Waals surface area contributed by atoms with Gasteiger partial charge in [-0.25, -0.2) is 18.1 Å². The molecule has 0 saturated carbocycles. The minimum Gasteiger partial charge on any atom is -0.497 e. The number of ether oxygens (including phenoxy) is 1. The smallest absolute Gasteiger partial charge is 0.215 e. The number of aromatic nitrogens is 1. The van der Waals surface area contributed by atoms with Crippen molar-refractivity contribution >= 4 is 21.4 Å². The van der Waals surface area contributed by atoms with Gasteiger partial charge in [-0.3, -0.25) is 0 Å². The van der Waals surface area contributed by atoms with Crippen LogP contribution in [0.2, 0.25) is 0 Å².